The molecule has 0 unspecified atom stereocenters. The van der Waals surface area contributed by atoms with Crippen LogP contribution in [-0.4, -0.2) is 52.9 Å². The molecule has 1 saturated carbocycles. The summed E-state index contributed by atoms with van der Waals surface area (Å²) in [7, 11) is 0. The van der Waals surface area contributed by atoms with Gasteiger partial charge in [0.05, 0.1) is 25.2 Å². The van der Waals surface area contributed by atoms with E-state index in [-0.39, 0.29) is 5.91 Å². The molecule has 2 N–H and O–H groups in total. The third-order valence-corrected chi connectivity index (χ3v) is 4.79. The van der Waals surface area contributed by atoms with E-state index >= 15 is 0 Å². The van der Waals surface area contributed by atoms with Gasteiger partial charge in [-0.3, -0.25) is 4.79 Å². The van der Waals surface area contributed by atoms with E-state index in [4.69, 9.17) is 4.74 Å². The molecule has 5 nitrogen and oxygen atoms in total. The second-order valence-corrected chi connectivity index (χ2v) is 6.34. The van der Waals surface area contributed by atoms with Crippen molar-refractivity contribution in [2.24, 2.45) is 11.8 Å². The first kappa shape index (κ1) is 15.3. The monoisotopic (exact) mass is 305 g/mol. The van der Waals surface area contributed by atoms with Gasteiger partial charge in [-0.1, -0.05) is 18.2 Å². The number of rotatable bonds is 4. The van der Waals surface area contributed by atoms with Crippen LogP contribution < -0.4 is 4.74 Å². The lowest BCUT2D eigenvalue weighted by Crippen LogP contribution is -2.38. The number of aliphatic hydroxyl groups is 2. The fourth-order valence-corrected chi connectivity index (χ4v) is 3.54. The number of ether oxygens (including phenoxy) is 1. The molecule has 1 aliphatic heterocycles. The molecule has 0 aromatic heterocycles. The third kappa shape index (κ3) is 3.42. The molecule has 1 aliphatic carbocycles. The van der Waals surface area contributed by atoms with Crippen LogP contribution in [-0.2, 0) is 4.79 Å². The van der Waals surface area contributed by atoms with Gasteiger partial charge < -0.3 is 19.8 Å². The molecule has 2 aliphatic rings. The van der Waals surface area contributed by atoms with E-state index in [0.717, 1.165) is 5.75 Å². The van der Waals surface area contributed by atoms with E-state index in [1.807, 2.05) is 35.2 Å². The molecule has 1 saturated heterocycles. The fraction of sp³-hybridized carbons (Fsp3) is 0.588. The average molecular weight is 305 g/mol. The van der Waals surface area contributed by atoms with E-state index < -0.39 is 12.2 Å². The normalized spacial score (nSPS) is 30.9. The van der Waals surface area contributed by atoms with Crippen molar-refractivity contribution < 1.29 is 19.7 Å². The summed E-state index contributed by atoms with van der Waals surface area (Å²) in [5.74, 6) is 1.50. The molecule has 5 heteroatoms. The van der Waals surface area contributed by atoms with Gasteiger partial charge in [0.15, 0.2) is 0 Å². The molecule has 2 fully saturated rings. The Morgan fingerprint density at radius 1 is 1.09 bits per heavy atom. The number of para-hydroxylation sites is 1. The zero-order valence-electron chi connectivity index (χ0n) is 12.6. The smallest absolute Gasteiger partial charge is 0.226 e. The number of carbonyl (C=O) groups excluding carboxylic acids is 1. The highest BCUT2D eigenvalue weighted by Crippen LogP contribution is 2.36. The highest BCUT2D eigenvalue weighted by molar-refractivity contribution is 5.76. The zero-order chi connectivity index (χ0) is 15.5. The quantitative estimate of drug-likeness (QED) is 0.872. The number of likely N-dealkylation sites (tertiary alicyclic amines) is 1. The van der Waals surface area contributed by atoms with Crippen molar-refractivity contribution in [2.45, 2.75) is 31.5 Å². The molecule has 120 valence electrons. The average Bonchev–Trinajstić information content (AvgIpc) is 2.91. The molecule has 1 amide bonds. The summed E-state index contributed by atoms with van der Waals surface area (Å²) in [5.41, 5.74) is 0. The van der Waals surface area contributed by atoms with Crippen LogP contribution in [0.5, 0.6) is 5.75 Å². The van der Waals surface area contributed by atoms with E-state index in [0.29, 0.717) is 50.8 Å². The molecule has 0 spiro atoms. The molecule has 4 atom stereocenters. The van der Waals surface area contributed by atoms with Crippen LogP contribution in [0, 0.1) is 11.8 Å². The predicted molar refractivity (Wildman–Crippen MR) is 81.4 cm³/mol. The molecule has 1 heterocycles. The Morgan fingerprint density at radius 3 is 2.27 bits per heavy atom. The first-order valence-electron chi connectivity index (χ1n) is 7.95. The maximum Gasteiger partial charge on any atom is 0.226 e. The summed E-state index contributed by atoms with van der Waals surface area (Å²) in [6.45, 7) is 1.76. The van der Waals surface area contributed by atoms with Gasteiger partial charge in [-0.2, -0.15) is 0 Å². The van der Waals surface area contributed by atoms with Crippen LogP contribution >= 0.6 is 0 Å². The summed E-state index contributed by atoms with van der Waals surface area (Å²) in [5, 5.41) is 19.5. The molecular weight excluding hydrogens is 282 g/mol. The molecule has 3 rings (SSSR count). The van der Waals surface area contributed by atoms with E-state index in [1.165, 1.54) is 0 Å². The predicted octanol–water partition coefficient (Wildman–Crippen LogP) is 1.05. The minimum absolute atomic E-state index is 0.0920. The Balaban J connectivity index is 1.45. The number of hydrogen-bond donors (Lipinski definition) is 2. The van der Waals surface area contributed by atoms with Crippen LogP contribution in [0.25, 0.3) is 0 Å². The Morgan fingerprint density at radius 2 is 1.68 bits per heavy atom. The lowest BCUT2D eigenvalue weighted by Gasteiger charge is -2.31. The number of amides is 1. The van der Waals surface area contributed by atoms with Crippen molar-refractivity contribution in [3.63, 3.8) is 0 Å². The lowest BCUT2D eigenvalue weighted by molar-refractivity contribution is -0.130. The number of carbonyl (C=O) groups is 1. The summed E-state index contributed by atoms with van der Waals surface area (Å²) in [6, 6.07) is 9.47. The molecule has 1 aromatic rings. The van der Waals surface area contributed by atoms with Crippen molar-refractivity contribution in [2.75, 3.05) is 19.7 Å². The Hall–Kier alpha value is -1.59. The van der Waals surface area contributed by atoms with Gasteiger partial charge in [0, 0.05) is 13.1 Å². The molecule has 1 aromatic carbocycles. The Bertz CT molecular complexity index is 489. The standard InChI is InChI=1S/C17H23NO4/c19-15-8-12-10-18(11-13(12)9-16(15)20)17(21)6-7-22-14-4-2-1-3-5-14/h1-5,12-13,15-16,19-20H,6-11H2/t12-,13+,15-,16-/m0/s1. The van der Waals surface area contributed by atoms with Crippen molar-refractivity contribution >= 4 is 5.91 Å². The van der Waals surface area contributed by atoms with Gasteiger partial charge in [0.25, 0.3) is 0 Å². The van der Waals surface area contributed by atoms with E-state index in [1.54, 1.807) is 0 Å². The molecule has 22 heavy (non-hydrogen) atoms. The van der Waals surface area contributed by atoms with Gasteiger partial charge in [0.1, 0.15) is 5.75 Å². The first-order chi connectivity index (χ1) is 10.6. The fourth-order valence-electron chi connectivity index (χ4n) is 3.54. The summed E-state index contributed by atoms with van der Waals surface area (Å²) in [4.78, 5) is 14.1. The maximum atomic E-state index is 12.3. The van der Waals surface area contributed by atoms with Crippen LogP contribution in [0.1, 0.15) is 19.3 Å². The minimum Gasteiger partial charge on any atom is -0.493 e. The maximum absolute atomic E-state index is 12.3. The van der Waals surface area contributed by atoms with E-state index in [9.17, 15) is 15.0 Å². The van der Waals surface area contributed by atoms with Crippen LogP contribution in [0.2, 0.25) is 0 Å². The zero-order valence-corrected chi connectivity index (χ0v) is 12.6. The molecule has 0 bridgehead atoms. The number of fused-ring (bicyclic) bond motifs is 1. The van der Waals surface area contributed by atoms with Crippen molar-refractivity contribution in [1.82, 2.24) is 4.90 Å². The Labute approximate surface area is 130 Å². The van der Waals surface area contributed by atoms with Crippen LogP contribution in [0.3, 0.4) is 0 Å². The van der Waals surface area contributed by atoms with E-state index in [2.05, 4.69) is 0 Å². The highest BCUT2D eigenvalue weighted by atomic mass is 16.5. The topological polar surface area (TPSA) is 70.0 Å². The number of benzene rings is 1. The van der Waals surface area contributed by atoms with Gasteiger partial charge >= 0.3 is 0 Å². The summed E-state index contributed by atoms with van der Waals surface area (Å²) < 4.78 is 5.56. The first-order valence-corrected chi connectivity index (χ1v) is 7.95. The summed E-state index contributed by atoms with van der Waals surface area (Å²) >= 11 is 0. The van der Waals surface area contributed by atoms with Gasteiger partial charge in [-0.05, 0) is 36.8 Å². The number of hydrogen-bond acceptors (Lipinski definition) is 4. The largest absolute Gasteiger partial charge is 0.493 e. The third-order valence-electron chi connectivity index (χ3n) is 4.79. The Kier molecular flexibility index (Phi) is 4.64. The summed E-state index contributed by atoms with van der Waals surface area (Å²) in [6.07, 6.45) is 0.265. The van der Waals surface area contributed by atoms with Gasteiger partial charge in [-0.15, -0.1) is 0 Å². The molecular formula is C17H23NO4. The second kappa shape index (κ2) is 6.67. The van der Waals surface area contributed by atoms with Gasteiger partial charge in [-0.25, -0.2) is 0 Å². The number of aliphatic hydroxyl groups excluding tert-OH is 2. The molecule has 0 radical (unpaired) electrons. The van der Waals surface area contributed by atoms with Crippen molar-refractivity contribution in [1.29, 1.82) is 0 Å². The lowest BCUT2D eigenvalue weighted by atomic mass is 9.79. The SMILES string of the molecule is O=C(CCOc1ccccc1)N1C[C@H]2C[C@H](O)[C@@H](O)C[C@H]2C1. The van der Waals surface area contributed by atoms with Crippen LogP contribution in [0.4, 0.5) is 0 Å². The van der Waals surface area contributed by atoms with Crippen LogP contribution in [0.15, 0.2) is 30.3 Å². The second-order valence-electron chi connectivity index (χ2n) is 6.34. The van der Waals surface area contributed by atoms with Crippen molar-refractivity contribution in [3.05, 3.63) is 30.3 Å². The van der Waals surface area contributed by atoms with Gasteiger partial charge in [0.2, 0.25) is 5.91 Å². The highest BCUT2D eigenvalue weighted by Gasteiger charge is 2.42. The number of nitrogens with zero attached hydrogens (tertiary/aromatic N) is 1. The minimum atomic E-state index is -0.641. The van der Waals surface area contributed by atoms with Crippen molar-refractivity contribution in [3.8, 4) is 5.75 Å².